The molecule has 0 bridgehead atoms. The number of nitrogens with zero attached hydrogens (tertiary/aromatic N) is 1. The summed E-state index contributed by atoms with van der Waals surface area (Å²) in [4.78, 5) is 14.4. The minimum atomic E-state index is 0.0583. The Morgan fingerprint density at radius 3 is 2.44 bits per heavy atom. The molecule has 2 aliphatic rings. The smallest absolute Gasteiger partial charge is 0.256 e. The van der Waals surface area contributed by atoms with Crippen LogP contribution in [0.15, 0.2) is 22.7 Å². The molecule has 18 heavy (non-hydrogen) atoms. The molecule has 1 saturated heterocycles. The zero-order valence-electron chi connectivity index (χ0n) is 10.1. The summed E-state index contributed by atoms with van der Waals surface area (Å²) in [7, 11) is 0. The molecule has 1 saturated carbocycles. The molecule has 1 aliphatic heterocycles. The summed E-state index contributed by atoms with van der Waals surface area (Å²) < 4.78 is 0.784. The van der Waals surface area contributed by atoms with E-state index in [1.54, 1.807) is 6.07 Å². The van der Waals surface area contributed by atoms with Crippen LogP contribution < -0.4 is 0 Å². The van der Waals surface area contributed by atoms with Gasteiger partial charge in [0, 0.05) is 17.6 Å². The first kappa shape index (κ1) is 12.5. The number of carbonyl (C=O) groups excluding carboxylic acids is 1. The average Bonchev–Trinajstić information content (AvgIpc) is 3.09. The molecule has 4 heteroatoms. The summed E-state index contributed by atoms with van der Waals surface area (Å²) in [6.45, 7) is 1.74. The van der Waals surface area contributed by atoms with Crippen LogP contribution >= 0.6 is 27.5 Å². The Balaban J connectivity index is 1.78. The molecule has 96 valence electrons. The van der Waals surface area contributed by atoms with Crippen LogP contribution in [0.4, 0.5) is 0 Å². The molecule has 1 aromatic carbocycles. The van der Waals surface area contributed by atoms with Gasteiger partial charge in [-0.3, -0.25) is 4.79 Å². The van der Waals surface area contributed by atoms with Gasteiger partial charge in [0.1, 0.15) is 0 Å². The first-order valence-electron chi connectivity index (χ1n) is 6.35. The van der Waals surface area contributed by atoms with Crippen molar-refractivity contribution >= 4 is 33.4 Å². The minimum Gasteiger partial charge on any atom is -0.339 e. The molecule has 1 aromatic rings. The summed E-state index contributed by atoms with van der Waals surface area (Å²) in [6.07, 6.45) is 5.01. The second kappa shape index (κ2) is 4.53. The fraction of sp³-hybridized carbons (Fsp3) is 0.500. The lowest BCUT2D eigenvalue weighted by molar-refractivity contribution is 0.0678. The number of hydrogen-bond acceptors (Lipinski definition) is 1. The lowest BCUT2D eigenvalue weighted by Gasteiger charge is -2.32. The highest BCUT2D eigenvalue weighted by Crippen LogP contribution is 2.53. The van der Waals surface area contributed by atoms with Crippen LogP contribution in [-0.2, 0) is 0 Å². The summed E-state index contributed by atoms with van der Waals surface area (Å²) in [6, 6.07) is 5.48. The normalized spacial score (nSPS) is 21.1. The number of hydrogen-bond donors (Lipinski definition) is 0. The molecule has 2 fully saturated rings. The van der Waals surface area contributed by atoms with Gasteiger partial charge in [-0.1, -0.05) is 17.7 Å². The lowest BCUT2D eigenvalue weighted by atomic mass is 9.93. The second-order valence-corrected chi connectivity index (χ2v) is 6.65. The number of piperidine rings is 1. The first-order valence-corrected chi connectivity index (χ1v) is 7.52. The Morgan fingerprint density at radius 2 is 1.89 bits per heavy atom. The fourth-order valence-electron chi connectivity index (χ4n) is 2.72. The van der Waals surface area contributed by atoms with Crippen LogP contribution in [-0.4, -0.2) is 23.9 Å². The van der Waals surface area contributed by atoms with Crippen LogP contribution in [0.5, 0.6) is 0 Å². The lowest BCUT2D eigenvalue weighted by Crippen LogP contribution is -2.39. The quantitative estimate of drug-likeness (QED) is 0.759. The van der Waals surface area contributed by atoms with Gasteiger partial charge in [0.25, 0.3) is 5.91 Å². The van der Waals surface area contributed by atoms with E-state index in [2.05, 4.69) is 15.9 Å². The van der Waals surface area contributed by atoms with Crippen molar-refractivity contribution in [3.8, 4) is 0 Å². The van der Waals surface area contributed by atoms with Gasteiger partial charge in [-0.25, -0.2) is 0 Å². The van der Waals surface area contributed by atoms with Crippen LogP contribution in [0.2, 0.25) is 5.02 Å². The van der Waals surface area contributed by atoms with Gasteiger partial charge in [0.15, 0.2) is 0 Å². The fourth-order valence-corrected chi connectivity index (χ4v) is 3.63. The van der Waals surface area contributed by atoms with Gasteiger partial charge in [0.05, 0.1) is 10.6 Å². The topological polar surface area (TPSA) is 20.3 Å². The highest BCUT2D eigenvalue weighted by molar-refractivity contribution is 9.10. The predicted octanol–water partition coefficient (Wildman–Crippen LogP) is 4.12. The largest absolute Gasteiger partial charge is 0.339 e. The van der Waals surface area contributed by atoms with Crippen molar-refractivity contribution in [1.29, 1.82) is 0 Å². The average molecular weight is 329 g/mol. The zero-order valence-corrected chi connectivity index (χ0v) is 12.4. The van der Waals surface area contributed by atoms with E-state index in [-0.39, 0.29) is 5.91 Å². The maximum atomic E-state index is 12.5. The Kier molecular flexibility index (Phi) is 3.15. The molecule has 0 radical (unpaired) electrons. The molecule has 0 unspecified atom stereocenters. The van der Waals surface area contributed by atoms with E-state index in [0.29, 0.717) is 16.0 Å². The second-order valence-electron chi connectivity index (χ2n) is 5.39. The molecule has 0 N–H and O–H groups in total. The van der Waals surface area contributed by atoms with Crippen molar-refractivity contribution in [2.45, 2.75) is 25.7 Å². The van der Waals surface area contributed by atoms with E-state index < -0.39 is 0 Å². The number of benzene rings is 1. The van der Waals surface area contributed by atoms with Crippen LogP contribution in [0.25, 0.3) is 0 Å². The molecule has 2 nitrogen and oxygen atoms in total. The van der Waals surface area contributed by atoms with Crippen molar-refractivity contribution in [3.63, 3.8) is 0 Å². The third-order valence-electron chi connectivity index (χ3n) is 4.25. The van der Waals surface area contributed by atoms with Crippen LogP contribution in [0.1, 0.15) is 36.0 Å². The van der Waals surface area contributed by atoms with Gasteiger partial charge >= 0.3 is 0 Å². The van der Waals surface area contributed by atoms with Crippen molar-refractivity contribution in [3.05, 3.63) is 33.3 Å². The summed E-state index contributed by atoms with van der Waals surface area (Å²) in [5, 5.41) is 0.529. The summed E-state index contributed by atoms with van der Waals surface area (Å²) >= 11 is 9.55. The third kappa shape index (κ3) is 2.19. The summed E-state index contributed by atoms with van der Waals surface area (Å²) in [5.41, 5.74) is 1.19. The standard InChI is InChI=1S/C14H15BrClNO/c15-10-2-1-3-11(16)12(10)13(18)17-8-6-14(4-5-14)7-9-17/h1-3H,4-9H2. The molecule has 3 rings (SSSR count). The van der Waals surface area contributed by atoms with Gasteiger partial charge in [0.2, 0.25) is 0 Å². The van der Waals surface area contributed by atoms with E-state index in [1.807, 2.05) is 17.0 Å². The minimum absolute atomic E-state index is 0.0583. The van der Waals surface area contributed by atoms with Crippen molar-refractivity contribution in [2.24, 2.45) is 5.41 Å². The van der Waals surface area contributed by atoms with E-state index in [4.69, 9.17) is 11.6 Å². The predicted molar refractivity (Wildman–Crippen MR) is 76.0 cm³/mol. The van der Waals surface area contributed by atoms with E-state index in [0.717, 1.165) is 30.4 Å². The number of halogens is 2. The SMILES string of the molecule is O=C(c1c(Cl)cccc1Br)N1CCC2(CC1)CC2. The Labute approximate surface area is 120 Å². The molecular weight excluding hydrogens is 314 g/mol. The maximum absolute atomic E-state index is 12.5. The Morgan fingerprint density at radius 1 is 1.22 bits per heavy atom. The van der Waals surface area contributed by atoms with E-state index in [9.17, 15) is 4.79 Å². The number of amides is 1. The summed E-state index contributed by atoms with van der Waals surface area (Å²) in [5.74, 6) is 0.0583. The van der Waals surface area contributed by atoms with Crippen LogP contribution in [0, 0.1) is 5.41 Å². The number of carbonyl (C=O) groups is 1. The Bertz CT molecular complexity index is 468. The third-order valence-corrected chi connectivity index (χ3v) is 5.22. The number of rotatable bonds is 1. The molecular formula is C14H15BrClNO. The molecule has 1 amide bonds. The van der Waals surface area contributed by atoms with Crippen molar-refractivity contribution in [1.82, 2.24) is 4.90 Å². The van der Waals surface area contributed by atoms with Gasteiger partial charge in [-0.05, 0) is 59.2 Å². The molecule has 0 atom stereocenters. The highest BCUT2D eigenvalue weighted by Gasteiger charge is 2.45. The molecule has 1 spiro atoms. The van der Waals surface area contributed by atoms with E-state index >= 15 is 0 Å². The van der Waals surface area contributed by atoms with Gasteiger partial charge < -0.3 is 4.90 Å². The first-order chi connectivity index (χ1) is 8.61. The maximum Gasteiger partial charge on any atom is 0.256 e. The molecule has 1 aliphatic carbocycles. The number of likely N-dealkylation sites (tertiary alicyclic amines) is 1. The zero-order chi connectivity index (χ0) is 12.8. The van der Waals surface area contributed by atoms with Gasteiger partial charge in [-0.2, -0.15) is 0 Å². The monoisotopic (exact) mass is 327 g/mol. The molecule has 1 heterocycles. The van der Waals surface area contributed by atoms with Crippen molar-refractivity contribution < 1.29 is 4.79 Å². The van der Waals surface area contributed by atoms with E-state index in [1.165, 1.54) is 12.8 Å². The highest BCUT2D eigenvalue weighted by atomic mass is 79.9. The van der Waals surface area contributed by atoms with Crippen LogP contribution in [0.3, 0.4) is 0 Å². The molecule has 0 aromatic heterocycles. The Hall–Kier alpha value is -0.540. The van der Waals surface area contributed by atoms with Crippen molar-refractivity contribution in [2.75, 3.05) is 13.1 Å². The van der Waals surface area contributed by atoms with Gasteiger partial charge in [-0.15, -0.1) is 0 Å².